The van der Waals surface area contributed by atoms with Crippen LogP contribution in [0.25, 0.3) is 0 Å². The zero-order valence-electron chi connectivity index (χ0n) is 14.8. The zero-order valence-corrected chi connectivity index (χ0v) is 14.8. The van der Waals surface area contributed by atoms with E-state index >= 15 is 0 Å². The van der Waals surface area contributed by atoms with Crippen LogP contribution in [0.15, 0.2) is 42.5 Å². The summed E-state index contributed by atoms with van der Waals surface area (Å²) in [4.78, 5) is 14.3. The fraction of sp³-hybridized carbons (Fsp3) is 0.350. The van der Waals surface area contributed by atoms with Crippen molar-refractivity contribution in [2.45, 2.75) is 19.9 Å². The van der Waals surface area contributed by atoms with Crippen LogP contribution in [0.3, 0.4) is 0 Å². The summed E-state index contributed by atoms with van der Waals surface area (Å²) in [6.45, 7) is 4.63. The zero-order chi connectivity index (χ0) is 18.4. The first kappa shape index (κ1) is 18.2. The number of hydrogen-bond donors (Lipinski definition) is 1. The molecule has 2 aromatic rings. The highest BCUT2D eigenvalue weighted by Gasteiger charge is 2.14. The van der Waals surface area contributed by atoms with Crippen molar-refractivity contribution in [3.63, 3.8) is 0 Å². The van der Waals surface area contributed by atoms with Crippen molar-refractivity contribution >= 4 is 11.6 Å². The molecule has 26 heavy (non-hydrogen) atoms. The van der Waals surface area contributed by atoms with E-state index in [-0.39, 0.29) is 18.3 Å². The van der Waals surface area contributed by atoms with Gasteiger partial charge in [-0.25, -0.2) is 4.39 Å². The summed E-state index contributed by atoms with van der Waals surface area (Å²) in [6, 6.07) is 11.8. The number of likely N-dealkylation sites (N-methyl/N-ethyl adjacent to an activating group) is 1. The lowest BCUT2D eigenvalue weighted by Gasteiger charge is -2.20. The molecular weight excluding hydrogens is 335 g/mol. The van der Waals surface area contributed by atoms with Gasteiger partial charge >= 0.3 is 0 Å². The smallest absolute Gasteiger partial charge is 0.238 e. The maximum Gasteiger partial charge on any atom is 0.238 e. The molecule has 0 aromatic heterocycles. The van der Waals surface area contributed by atoms with Crippen molar-refractivity contribution in [1.82, 2.24) is 4.90 Å². The van der Waals surface area contributed by atoms with Gasteiger partial charge in [0, 0.05) is 24.7 Å². The number of benzene rings is 2. The molecule has 3 rings (SSSR count). The van der Waals surface area contributed by atoms with Gasteiger partial charge in [0.15, 0.2) is 11.5 Å². The van der Waals surface area contributed by atoms with Crippen molar-refractivity contribution in [1.29, 1.82) is 0 Å². The Morgan fingerprint density at radius 2 is 1.96 bits per heavy atom. The first-order valence-corrected chi connectivity index (χ1v) is 8.80. The molecule has 1 heterocycles. The second-order valence-electron chi connectivity index (χ2n) is 6.19. The number of nitrogens with zero attached hydrogens (tertiary/aromatic N) is 1. The summed E-state index contributed by atoms with van der Waals surface area (Å²) in [5.74, 6) is 0.946. The fourth-order valence-corrected chi connectivity index (χ4v) is 2.82. The number of carbonyl (C=O) groups excluding carboxylic acids is 1. The van der Waals surface area contributed by atoms with Gasteiger partial charge in [-0.05, 0) is 36.4 Å². The molecule has 2 aromatic carbocycles. The Morgan fingerprint density at radius 1 is 1.15 bits per heavy atom. The topological polar surface area (TPSA) is 50.8 Å². The summed E-state index contributed by atoms with van der Waals surface area (Å²) in [7, 11) is 0. The van der Waals surface area contributed by atoms with Gasteiger partial charge in [-0.2, -0.15) is 0 Å². The Hall–Kier alpha value is -2.60. The average Bonchev–Trinajstić information content (AvgIpc) is 2.86. The van der Waals surface area contributed by atoms with Crippen molar-refractivity contribution in [2.24, 2.45) is 0 Å². The maximum atomic E-state index is 13.3. The highest BCUT2D eigenvalue weighted by Crippen LogP contribution is 2.32. The molecule has 6 heteroatoms. The Morgan fingerprint density at radius 3 is 2.73 bits per heavy atom. The van der Waals surface area contributed by atoms with Crippen LogP contribution in [0.5, 0.6) is 11.5 Å². The molecule has 138 valence electrons. The van der Waals surface area contributed by atoms with Gasteiger partial charge in [0.05, 0.1) is 19.8 Å². The quantitative estimate of drug-likeness (QED) is 0.859. The van der Waals surface area contributed by atoms with E-state index in [2.05, 4.69) is 5.32 Å². The number of fused-ring (bicyclic) bond motifs is 1. The minimum Gasteiger partial charge on any atom is -0.490 e. The normalized spacial score (nSPS) is 13.3. The molecule has 1 N–H and O–H groups in total. The predicted octanol–water partition coefficient (Wildman–Crippen LogP) is 3.45. The number of carbonyl (C=O) groups is 1. The van der Waals surface area contributed by atoms with Gasteiger partial charge in [0.25, 0.3) is 0 Å². The monoisotopic (exact) mass is 358 g/mol. The molecule has 0 unspecified atom stereocenters. The molecule has 5 nitrogen and oxygen atoms in total. The van der Waals surface area contributed by atoms with Crippen LogP contribution in [0.1, 0.15) is 18.9 Å². The van der Waals surface area contributed by atoms with E-state index in [0.29, 0.717) is 43.5 Å². The van der Waals surface area contributed by atoms with Crippen LogP contribution in [0.2, 0.25) is 0 Å². The lowest BCUT2D eigenvalue weighted by atomic mass is 10.2. The second kappa shape index (κ2) is 8.67. The van der Waals surface area contributed by atoms with E-state index in [4.69, 9.17) is 9.47 Å². The molecule has 1 aliphatic rings. The number of ether oxygens (including phenoxy) is 2. The molecule has 0 atom stereocenters. The van der Waals surface area contributed by atoms with Crippen molar-refractivity contribution < 1.29 is 18.7 Å². The molecule has 1 aliphatic heterocycles. The van der Waals surface area contributed by atoms with Gasteiger partial charge < -0.3 is 14.8 Å². The fourth-order valence-electron chi connectivity index (χ4n) is 2.82. The van der Waals surface area contributed by atoms with E-state index < -0.39 is 0 Å². The second-order valence-corrected chi connectivity index (χ2v) is 6.19. The van der Waals surface area contributed by atoms with Crippen LogP contribution in [-0.2, 0) is 11.3 Å². The van der Waals surface area contributed by atoms with Crippen LogP contribution >= 0.6 is 0 Å². The average molecular weight is 358 g/mol. The van der Waals surface area contributed by atoms with Gasteiger partial charge in [-0.3, -0.25) is 9.69 Å². The van der Waals surface area contributed by atoms with Crippen molar-refractivity contribution in [3.05, 3.63) is 53.8 Å². The summed E-state index contributed by atoms with van der Waals surface area (Å²) in [5.41, 5.74) is 1.51. The molecule has 0 bridgehead atoms. The Balaban J connectivity index is 1.59. The van der Waals surface area contributed by atoms with E-state index in [0.717, 1.165) is 12.0 Å². The van der Waals surface area contributed by atoms with Crippen LogP contribution < -0.4 is 14.8 Å². The number of amides is 1. The molecule has 0 spiro atoms. The Kier molecular flexibility index (Phi) is 6.07. The molecular formula is C20H23FN2O3. The molecule has 0 radical (unpaired) electrons. The maximum absolute atomic E-state index is 13.3. The molecule has 0 fully saturated rings. The molecule has 0 aliphatic carbocycles. The van der Waals surface area contributed by atoms with Gasteiger partial charge in [0.2, 0.25) is 5.91 Å². The van der Waals surface area contributed by atoms with E-state index in [9.17, 15) is 9.18 Å². The molecule has 1 amide bonds. The van der Waals surface area contributed by atoms with Crippen LogP contribution in [-0.4, -0.2) is 37.1 Å². The van der Waals surface area contributed by atoms with E-state index in [1.807, 2.05) is 17.9 Å². The van der Waals surface area contributed by atoms with Gasteiger partial charge in [-0.15, -0.1) is 0 Å². The SMILES string of the molecule is CCN(CC(=O)Nc1ccc2c(c1)OCCCO2)Cc1cccc(F)c1. The lowest BCUT2D eigenvalue weighted by molar-refractivity contribution is -0.117. The molecule has 0 saturated carbocycles. The third-order valence-corrected chi connectivity index (χ3v) is 4.14. The first-order chi connectivity index (χ1) is 12.6. The number of anilines is 1. The third kappa shape index (κ3) is 4.95. The number of halogens is 1. The predicted molar refractivity (Wildman–Crippen MR) is 98.0 cm³/mol. The first-order valence-electron chi connectivity index (χ1n) is 8.80. The minimum atomic E-state index is -0.268. The summed E-state index contributed by atoms with van der Waals surface area (Å²) in [6.07, 6.45) is 0.835. The standard InChI is InChI=1S/C20H23FN2O3/c1-2-23(13-15-5-3-6-16(21)11-15)14-20(24)22-17-7-8-18-19(12-17)26-10-4-9-25-18/h3,5-8,11-12H,2,4,9-10,13-14H2,1H3,(H,22,24). The summed E-state index contributed by atoms with van der Waals surface area (Å²) < 4.78 is 24.5. The summed E-state index contributed by atoms with van der Waals surface area (Å²) >= 11 is 0. The Bertz CT molecular complexity index is 766. The number of nitrogens with one attached hydrogen (secondary N) is 1. The minimum absolute atomic E-state index is 0.127. The largest absolute Gasteiger partial charge is 0.490 e. The van der Waals surface area contributed by atoms with Gasteiger partial charge in [0.1, 0.15) is 5.82 Å². The van der Waals surface area contributed by atoms with Crippen molar-refractivity contribution in [2.75, 3.05) is 31.6 Å². The highest BCUT2D eigenvalue weighted by atomic mass is 19.1. The molecule has 0 saturated heterocycles. The highest BCUT2D eigenvalue weighted by molar-refractivity contribution is 5.92. The Labute approximate surface area is 152 Å². The third-order valence-electron chi connectivity index (χ3n) is 4.14. The number of rotatable bonds is 6. The van der Waals surface area contributed by atoms with Crippen LogP contribution in [0.4, 0.5) is 10.1 Å². The van der Waals surface area contributed by atoms with Crippen molar-refractivity contribution in [3.8, 4) is 11.5 Å². The summed E-state index contributed by atoms with van der Waals surface area (Å²) in [5, 5.41) is 2.88. The van der Waals surface area contributed by atoms with Gasteiger partial charge in [-0.1, -0.05) is 19.1 Å². The lowest BCUT2D eigenvalue weighted by Crippen LogP contribution is -2.32. The van der Waals surface area contributed by atoms with E-state index in [1.165, 1.54) is 12.1 Å². The van der Waals surface area contributed by atoms with Crippen LogP contribution in [0, 0.1) is 5.82 Å². The van der Waals surface area contributed by atoms with E-state index in [1.54, 1.807) is 24.3 Å². The number of hydrogen-bond acceptors (Lipinski definition) is 4.